The molecule has 2 saturated heterocycles. The number of benzene rings is 1. The largest absolute Gasteiger partial charge is 0.473 e. The second-order valence-corrected chi connectivity index (χ2v) is 7.50. The van der Waals surface area contributed by atoms with E-state index in [1.807, 2.05) is 12.1 Å². The highest BCUT2D eigenvalue weighted by Crippen LogP contribution is 2.43. The van der Waals surface area contributed by atoms with Crippen molar-refractivity contribution in [2.75, 3.05) is 6.54 Å². The van der Waals surface area contributed by atoms with Crippen molar-refractivity contribution in [3.63, 3.8) is 0 Å². The Kier molecular flexibility index (Phi) is 6.00. The van der Waals surface area contributed by atoms with Crippen LogP contribution in [-0.4, -0.2) is 50.7 Å². The molecule has 0 radical (unpaired) electrons. The third-order valence-corrected chi connectivity index (χ3v) is 5.79. The van der Waals surface area contributed by atoms with Crippen molar-refractivity contribution in [1.82, 2.24) is 9.88 Å². The Morgan fingerprint density at radius 3 is 2.39 bits per heavy atom. The highest BCUT2D eigenvalue weighted by Gasteiger charge is 2.40. The van der Waals surface area contributed by atoms with Crippen molar-refractivity contribution >= 4 is 22.8 Å². The van der Waals surface area contributed by atoms with Crippen LogP contribution in [0.15, 0.2) is 24.3 Å². The molecular weight excluding hydrogens is 358 g/mol. The lowest BCUT2D eigenvalue weighted by atomic mass is 9.88. The normalized spacial score (nSPS) is 23.6. The van der Waals surface area contributed by atoms with Crippen LogP contribution in [0.2, 0.25) is 0 Å². The molecule has 2 aromatic rings. The van der Waals surface area contributed by atoms with Gasteiger partial charge in [0.05, 0.1) is 11.6 Å². The van der Waals surface area contributed by atoms with E-state index in [4.69, 9.17) is 19.8 Å². The maximum atomic E-state index is 9.27. The van der Waals surface area contributed by atoms with Crippen LogP contribution in [0.4, 0.5) is 0 Å². The molecule has 7 nitrogen and oxygen atoms in total. The molecule has 2 atom stereocenters. The average molecular weight is 383 g/mol. The fraction of sp³-hybridized carbons (Fsp3) is 0.476. The zero-order chi connectivity index (χ0) is 20.3. The second-order valence-electron chi connectivity index (χ2n) is 7.50. The number of hydrogen-bond acceptors (Lipinski definition) is 4. The molecule has 0 saturated carbocycles. The van der Waals surface area contributed by atoms with E-state index in [2.05, 4.69) is 35.0 Å². The van der Waals surface area contributed by atoms with Gasteiger partial charge in [0.25, 0.3) is 0 Å². The summed E-state index contributed by atoms with van der Waals surface area (Å²) in [5.74, 6) is -3.02. The van der Waals surface area contributed by atoms with E-state index in [1.54, 1.807) is 0 Å². The van der Waals surface area contributed by atoms with Gasteiger partial charge in [-0.25, -0.2) is 9.59 Å². The maximum absolute atomic E-state index is 9.27. The molecule has 3 heterocycles. The van der Waals surface area contributed by atoms with Crippen LogP contribution >= 0.6 is 0 Å². The minimum absolute atomic E-state index is 0.629. The first-order chi connectivity index (χ1) is 13.4. The summed E-state index contributed by atoms with van der Waals surface area (Å²) in [7, 11) is 0. The lowest BCUT2D eigenvalue weighted by Crippen LogP contribution is -2.42. The Hall–Kier alpha value is -2.85. The van der Waals surface area contributed by atoms with Crippen molar-refractivity contribution < 1.29 is 19.8 Å². The molecule has 2 unspecified atom stereocenters. The predicted octanol–water partition coefficient (Wildman–Crippen LogP) is 3.32. The average Bonchev–Trinajstić information content (AvgIpc) is 3.20. The molecular formula is C21H25N3O4. The minimum Gasteiger partial charge on any atom is -0.473 e. The predicted molar refractivity (Wildman–Crippen MR) is 104 cm³/mol. The van der Waals surface area contributed by atoms with Gasteiger partial charge in [-0.3, -0.25) is 4.90 Å². The monoisotopic (exact) mass is 383 g/mol. The number of rotatable bonds is 3. The number of hydrogen-bond donors (Lipinski definition) is 3. The van der Waals surface area contributed by atoms with Crippen LogP contribution in [0, 0.1) is 11.3 Å². The van der Waals surface area contributed by atoms with Gasteiger partial charge in [0.1, 0.15) is 0 Å². The molecule has 2 bridgehead atoms. The smallest absolute Gasteiger partial charge is 0.414 e. The van der Waals surface area contributed by atoms with Crippen LogP contribution in [-0.2, 0) is 9.59 Å². The first-order valence-corrected chi connectivity index (χ1v) is 9.68. The van der Waals surface area contributed by atoms with Gasteiger partial charge in [0, 0.05) is 34.6 Å². The zero-order valence-electron chi connectivity index (χ0n) is 15.9. The third-order valence-electron chi connectivity index (χ3n) is 5.79. The van der Waals surface area contributed by atoms with Gasteiger partial charge in [-0.1, -0.05) is 13.0 Å². The van der Waals surface area contributed by atoms with E-state index in [-0.39, 0.29) is 0 Å². The molecule has 4 rings (SSSR count). The third kappa shape index (κ3) is 4.02. The minimum atomic E-state index is -1.82. The van der Waals surface area contributed by atoms with Crippen molar-refractivity contribution in [2.24, 2.45) is 0 Å². The number of H-pyrrole nitrogens is 1. The van der Waals surface area contributed by atoms with E-state index in [1.165, 1.54) is 44.3 Å². The Morgan fingerprint density at radius 2 is 1.86 bits per heavy atom. The van der Waals surface area contributed by atoms with Gasteiger partial charge in [0.15, 0.2) is 0 Å². The summed E-state index contributed by atoms with van der Waals surface area (Å²) in [4.78, 5) is 24.5. The first kappa shape index (κ1) is 19.9. The quantitative estimate of drug-likeness (QED) is 0.700. The SMILES string of the molecule is CCCN1C2CCC1CC(c1cc3c(C#N)cccc3[nH]1)C2.O=C(O)C(=O)O. The number of nitrogens with zero attached hydrogens (tertiary/aromatic N) is 2. The number of piperidine rings is 1. The van der Waals surface area contributed by atoms with Crippen LogP contribution in [0.25, 0.3) is 10.9 Å². The van der Waals surface area contributed by atoms with Gasteiger partial charge in [-0.05, 0) is 56.8 Å². The van der Waals surface area contributed by atoms with Crippen molar-refractivity contribution in [3.8, 4) is 6.07 Å². The molecule has 0 aliphatic carbocycles. The fourth-order valence-electron chi connectivity index (χ4n) is 4.65. The number of nitriles is 1. The molecule has 3 N–H and O–H groups in total. The van der Waals surface area contributed by atoms with Crippen LogP contribution in [0.3, 0.4) is 0 Å². The summed E-state index contributed by atoms with van der Waals surface area (Å²) in [6.07, 6.45) is 6.53. The van der Waals surface area contributed by atoms with E-state index in [0.717, 1.165) is 28.6 Å². The molecule has 1 aromatic heterocycles. The van der Waals surface area contributed by atoms with E-state index < -0.39 is 11.9 Å². The molecule has 28 heavy (non-hydrogen) atoms. The lowest BCUT2D eigenvalue weighted by molar-refractivity contribution is -0.159. The molecule has 2 aliphatic rings. The fourth-order valence-corrected chi connectivity index (χ4v) is 4.65. The van der Waals surface area contributed by atoms with Crippen molar-refractivity contribution in [2.45, 2.75) is 57.0 Å². The number of aliphatic carboxylic acids is 2. The van der Waals surface area contributed by atoms with Gasteiger partial charge in [-0.15, -0.1) is 0 Å². The van der Waals surface area contributed by atoms with Crippen molar-refractivity contribution in [1.29, 1.82) is 5.26 Å². The number of nitrogens with one attached hydrogen (secondary N) is 1. The van der Waals surface area contributed by atoms with Gasteiger partial charge < -0.3 is 15.2 Å². The summed E-state index contributed by atoms with van der Waals surface area (Å²) in [6, 6.07) is 12.0. The molecule has 7 heteroatoms. The van der Waals surface area contributed by atoms with Gasteiger partial charge >= 0.3 is 11.9 Å². The molecule has 2 fully saturated rings. The summed E-state index contributed by atoms with van der Waals surface area (Å²) in [5, 5.41) is 25.1. The Bertz CT molecular complexity index is 888. The Labute approximate surface area is 163 Å². The second kappa shape index (κ2) is 8.44. The maximum Gasteiger partial charge on any atom is 0.414 e. The lowest BCUT2D eigenvalue weighted by Gasteiger charge is -2.38. The topological polar surface area (TPSA) is 117 Å². The summed E-state index contributed by atoms with van der Waals surface area (Å²) < 4.78 is 0. The van der Waals surface area contributed by atoms with E-state index in [9.17, 15) is 5.26 Å². The zero-order valence-corrected chi connectivity index (χ0v) is 15.9. The summed E-state index contributed by atoms with van der Waals surface area (Å²) >= 11 is 0. The number of fused-ring (bicyclic) bond motifs is 3. The van der Waals surface area contributed by atoms with Gasteiger partial charge in [0.2, 0.25) is 0 Å². The number of carboxylic acids is 2. The number of carbonyl (C=O) groups is 2. The Morgan fingerprint density at radius 1 is 1.21 bits per heavy atom. The van der Waals surface area contributed by atoms with E-state index in [0.29, 0.717) is 5.92 Å². The summed E-state index contributed by atoms with van der Waals surface area (Å²) in [5.41, 5.74) is 3.23. The standard InChI is InChI=1S/C19H23N3.C2H2O4/c1-2-8-22-15-6-7-16(22)10-14(9-15)19-11-17-13(12-20)4-3-5-18(17)21-19;3-1(4)2(5)6/h3-5,11,14-16,21H,2,6-10H2,1H3;(H,3,4)(H,5,6). The van der Waals surface area contributed by atoms with E-state index >= 15 is 0 Å². The Balaban J connectivity index is 0.000000330. The highest BCUT2D eigenvalue weighted by molar-refractivity contribution is 6.27. The summed E-state index contributed by atoms with van der Waals surface area (Å²) in [6.45, 7) is 3.54. The number of aromatic nitrogens is 1. The number of aromatic amines is 1. The highest BCUT2D eigenvalue weighted by atomic mass is 16.4. The van der Waals surface area contributed by atoms with Crippen LogP contribution in [0.5, 0.6) is 0 Å². The van der Waals surface area contributed by atoms with Gasteiger partial charge in [-0.2, -0.15) is 5.26 Å². The molecule has 0 amide bonds. The molecule has 148 valence electrons. The van der Waals surface area contributed by atoms with Crippen LogP contribution < -0.4 is 0 Å². The molecule has 2 aliphatic heterocycles. The van der Waals surface area contributed by atoms with Crippen molar-refractivity contribution in [3.05, 3.63) is 35.5 Å². The number of carboxylic acid groups (broad SMARTS) is 2. The molecule has 0 spiro atoms. The van der Waals surface area contributed by atoms with Crippen LogP contribution in [0.1, 0.15) is 56.2 Å². The molecule has 1 aromatic carbocycles. The first-order valence-electron chi connectivity index (χ1n) is 9.68.